The Morgan fingerprint density at radius 3 is 2.35 bits per heavy atom. The van der Waals surface area contributed by atoms with E-state index < -0.39 is 11.9 Å². The van der Waals surface area contributed by atoms with Crippen molar-refractivity contribution in [2.24, 2.45) is 0 Å². The molecule has 0 aromatic heterocycles. The summed E-state index contributed by atoms with van der Waals surface area (Å²) in [7, 11) is 2.83. The molecule has 0 aliphatic rings. The number of methoxy groups -OCH3 is 2. The van der Waals surface area contributed by atoms with Gasteiger partial charge in [-0.2, -0.15) is 0 Å². The molecule has 0 spiro atoms. The highest BCUT2D eigenvalue weighted by molar-refractivity contribution is 5.89. The van der Waals surface area contributed by atoms with Crippen LogP contribution >= 0.6 is 0 Å². The molecule has 136 valence electrons. The van der Waals surface area contributed by atoms with Crippen LogP contribution in [0.15, 0.2) is 48.5 Å². The monoisotopic (exact) mass is 356 g/mol. The second-order valence-corrected chi connectivity index (χ2v) is 5.19. The number of ether oxygens (including phenoxy) is 4. The van der Waals surface area contributed by atoms with Crippen molar-refractivity contribution in [3.05, 3.63) is 59.7 Å². The number of esters is 2. The summed E-state index contributed by atoms with van der Waals surface area (Å²) in [5.41, 5.74) is 1.33. The summed E-state index contributed by atoms with van der Waals surface area (Å²) in [4.78, 5) is 23.3. The summed E-state index contributed by atoms with van der Waals surface area (Å²) in [5.74, 6) is 0.242. The number of allylic oxidation sites excluding steroid dienone is 1. The van der Waals surface area contributed by atoms with Gasteiger partial charge in [0.2, 0.25) is 0 Å². The van der Waals surface area contributed by atoms with Gasteiger partial charge in [-0.1, -0.05) is 18.2 Å². The van der Waals surface area contributed by atoms with Crippen LogP contribution < -0.4 is 14.2 Å². The van der Waals surface area contributed by atoms with E-state index in [0.717, 1.165) is 5.56 Å². The van der Waals surface area contributed by atoms with Crippen molar-refractivity contribution < 1.29 is 28.5 Å². The predicted molar refractivity (Wildman–Crippen MR) is 96.6 cm³/mol. The van der Waals surface area contributed by atoms with E-state index in [0.29, 0.717) is 22.8 Å². The number of hydrogen-bond acceptors (Lipinski definition) is 6. The molecule has 0 unspecified atom stereocenters. The van der Waals surface area contributed by atoms with Gasteiger partial charge in [0, 0.05) is 0 Å². The van der Waals surface area contributed by atoms with Crippen LogP contribution in [0.1, 0.15) is 22.8 Å². The zero-order chi connectivity index (χ0) is 18.9. The van der Waals surface area contributed by atoms with Gasteiger partial charge in [-0.15, -0.1) is 0 Å². The van der Waals surface area contributed by atoms with Crippen molar-refractivity contribution in [1.29, 1.82) is 0 Å². The van der Waals surface area contributed by atoms with Crippen LogP contribution in [0.25, 0.3) is 6.08 Å². The van der Waals surface area contributed by atoms with E-state index in [-0.39, 0.29) is 6.61 Å². The van der Waals surface area contributed by atoms with E-state index in [4.69, 9.17) is 14.2 Å². The van der Waals surface area contributed by atoms with Crippen LogP contribution in [-0.2, 0) is 9.53 Å². The van der Waals surface area contributed by atoms with Gasteiger partial charge in [-0.3, -0.25) is 0 Å². The minimum absolute atomic E-state index is 0.280. The molecular weight excluding hydrogens is 336 g/mol. The second kappa shape index (κ2) is 9.27. The minimum atomic E-state index is -0.574. The Hall–Kier alpha value is -3.28. The third-order valence-electron chi connectivity index (χ3n) is 3.40. The van der Waals surface area contributed by atoms with Gasteiger partial charge in [-0.25, -0.2) is 9.59 Å². The molecule has 0 amide bonds. The van der Waals surface area contributed by atoms with Crippen LogP contribution in [-0.4, -0.2) is 32.8 Å². The average molecular weight is 356 g/mol. The van der Waals surface area contributed by atoms with Crippen molar-refractivity contribution in [3.63, 3.8) is 0 Å². The molecule has 0 atom stereocenters. The van der Waals surface area contributed by atoms with Crippen molar-refractivity contribution in [3.8, 4) is 17.2 Å². The van der Waals surface area contributed by atoms with Gasteiger partial charge in [0.05, 0.1) is 19.8 Å². The zero-order valence-electron chi connectivity index (χ0n) is 14.9. The Morgan fingerprint density at radius 1 is 1.00 bits per heavy atom. The van der Waals surface area contributed by atoms with Crippen molar-refractivity contribution in [2.75, 3.05) is 20.8 Å². The van der Waals surface area contributed by atoms with E-state index in [1.807, 2.05) is 31.2 Å². The first kappa shape index (κ1) is 19.1. The smallest absolute Gasteiger partial charge is 0.349 e. The molecule has 2 aromatic carbocycles. The zero-order valence-corrected chi connectivity index (χ0v) is 14.9. The largest absolute Gasteiger partial charge is 0.493 e. The lowest BCUT2D eigenvalue weighted by atomic mass is 10.2. The number of carbonyl (C=O) groups is 2. The molecule has 0 radical (unpaired) electrons. The molecule has 0 N–H and O–H groups in total. The van der Waals surface area contributed by atoms with Crippen molar-refractivity contribution >= 4 is 18.0 Å². The molecule has 0 saturated heterocycles. The highest BCUT2D eigenvalue weighted by atomic mass is 16.6. The van der Waals surface area contributed by atoms with E-state index in [1.54, 1.807) is 6.07 Å². The van der Waals surface area contributed by atoms with Gasteiger partial charge < -0.3 is 18.9 Å². The maximum Gasteiger partial charge on any atom is 0.349 e. The standard InChI is InChI=1S/C20H20O6/c1-4-5-14-6-11-17(18(12-14)23-2)25-13-19(21)26-16-9-7-15(8-10-16)20(22)24-3/h4-12H,13H2,1-3H3/b5-4+. The number of rotatable bonds is 7. The molecule has 0 heterocycles. The van der Waals surface area contributed by atoms with Crippen LogP contribution in [0, 0.1) is 0 Å². The molecule has 2 rings (SSSR count). The molecule has 6 heteroatoms. The van der Waals surface area contributed by atoms with Gasteiger partial charge in [0.15, 0.2) is 18.1 Å². The number of carbonyl (C=O) groups excluding carboxylic acids is 2. The first-order chi connectivity index (χ1) is 12.6. The third kappa shape index (κ3) is 5.11. The SMILES string of the molecule is C/C=C/c1ccc(OCC(=O)Oc2ccc(C(=O)OC)cc2)c(OC)c1. The molecule has 0 fully saturated rings. The molecule has 6 nitrogen and oxygen atoms in total. The summed E-state index contributed by atoms with van der Waals surface area (Å²) >= 11 is 0. The van der Waals surface area contributed by atoms with Gasteiger partial charge in [-0.05, 0) is 48.9 Å². The second-order valence-electron chi connectivity index (χ2n) is 5.19. The molecule has 0 aliphatic heterocycles. The van der Waals surface area contributed by atoms with Crippen LogP contribution in [0.5, 0.6) is 17.2 Å². The summed E-state index contributed by atoms with van der Waals surface area (Å²) in [5, 5.41) is 0. The molecule has 0 saturated carbocycles. The maximum absolute atomic E-state index is 11.9. The first-order valence-electron chi connectivity index (χ1n) is 7.90. The quantitative estimate of drug-likeness (QED) is 0.559. The number of hydrogen-bond donors (Lipinski definition) is 0. The van der Waals surface area contributed by atoms with E-state index in [2.05, 4.69) is 4.74 Å². The molecular formula is C20H20O6. The summed E-state index contributed by atoms with van der Waals surface area (Å²) in [6, 6.07) is 11.4. The molecule has 2 aromatic rings. The lowest BCUT2D eigenvalue weighted by Gasteiger charge is -2.11. The van der Waals surface area contributed by atoms with E-state index in [9.17, 15) is 9.59 Å². The van der Waals surface area contributed by atoms with Gasteiger partial charge in [0.1, 0.15) is 5.75 Å². The van der Waals surface area contributed by atoms with Gasteiger partial charge >= 0.3 is 11.9 Å². The predicted octanol–water partition coefficient (Wildman–Crippen LogP) is 3.50. The molecule has 0 aliphatic carbocycles. The molecule has 0 bridgehead atoms. The summed E-state index contributed by atoms with van der Waals surface area (Å²) < 4.78 is 20.5. The minimum Gasteiger partial charge on any atom is -0.493 e. The van der Waals surface area contributed by atoms with Crippen LogP contribution in [0.3, 0.4) is 0 Å². The number of benzene rings is 2. The fraction of sp³-hybridized carbons (Fsp3) is 0.200. The van der Waals surface area contributed by atoms with Crippen LogP contribution in [0.2, 0.25) is 0 Å². The fourth-order valence-electron chi connectivity index (χ4n) is 2.17. The Bertz CT molecular complexity index is 792. The van der Waals surface area contributed by atoms with Crippen LogP contribution in [0.4, 0.5) is 0 Å². The summed E-state index contributed by atoms with van der Waals surface area (Å²) in [6.45, 7) is 1.64. The highest BCUT2D eigenvalue weighted by Gasteiger charge is 2.11. The van der Waals surface area contributed by atoms with E-state index >= 15 is 0 Å². The van der Waals surface area contributed by atoms with Crippen molar-refractivity contribution in [2.45, 2.75) is 6.92 Å². The Balaban J connectivity index is 1.95. The normalized spacial score (nSPS) is 10.4. The Kier molecular flexibility index (Phi) is 6.79. The lowest BCUT2D eigenvalue weighted by molar-refractivity contribution is -0.136. The fourth-order valence-corrected chi connectivity index (χ4v) is 2.17. The van der Waals surface area contributed by atoms with Crippen molar-refractivity contribution in [1.82, 2.24) is 0 Å². The molecule has 26 heavy (non-hydrogen) atoms. The first-order valence-corrected chi connectivity index (χ1v) is 7.90. The summed E-state index contributed by atoms with van der Waals surface area (Å²) in [6.07, 6.45) is 3.84. The lowest BCUT2D eigenvalue weighted by Crippen LogP contribution is -2.18. The Labute approximate surface area is 151 Å². The third-order valence-corrected chi connectivity index (χ3v) is 3.40. The highest BCUT2D eigenvalue weighted by Crippen LogP contribution is 2.28. The van der Waals surface area contributed by atoms with Gasteiger partial charge in [0.25, 0.3) is 0 Å². The van der Waals surface area contributed by atoms with E-state index in [1.165, 1.54) is 38.5 Å². The topological polar surface area (TPSA) is 71.1 Å². The average Bonchev–Trinajstić information content (AvgIpc) is 2.67. The maximum atomic E-state index is 11.9. The Morgan fingerprint density at radius 2 is 1.73 bits per heavy atom.